The van der Waals surface area contributed by atoms with E-state index < -0.39 is 5.51 Å². The average Bonchev–Trinajstić information content (AvgIpc) is 2.40. The molecule has 0 aliphatic heterocycles. The lowest BCUT2D eigenvalue weighted by Crippen LogP contribution is -2.29. The number of benzene rings is 1. The Labute approximate surface area is 121 Å². The van der Waals surface area contributed by atoms with Crippen LogP contribution in [0.25, 0.3) is 0 Å². The number of rotatable bonds is 4. The van der Waals surface area contributed by atoms with Crippen molar-refractivity contribution in [3.63, 3.8) is 0 Å². The zero-order valence-corrected chi connectivity index (χ0v) is 12.1. The Kier molecular flexibility index (Phi) is 5.21. The topological polar surface area (TPSA) is 21.3 Å². The van der Waals surface area contributed by atoms with Gasteiger partial charge in [0, 0.05) is 23.7 Å². The number of halogens is 3. The maximum absolute atomic E-state index is 12.5. The Morgan fingerprint density at radius 3 is 2.40 bits per heavy atom. The Bertz CT molecular complexity index is 431. The van der Waals surface area contributed by atoms with Gasteiger partial charge in [-0.05, 0) is 49.6 Å². The summed E-state index contributed by atoms with van der Waals surface area (Å²) in [4.78, 5) is 0.230. The molecule has 6 heteroatoms. The quantitative estimate of drug-likeness (QED) is 0.817. The molecule has 0 heterocycles. The monoisotopic (exact) mass is 305 g/mol. The number of ether oxygens (including phenoxy) is 1. The van der Waals surface area contributed by atoms with Gasteiger partial charge in [-0.1, -0.05) is 12.1 Å². The van der Waals surface area contributed by atoms with E-state index in [0.717, 1.165) is 25.7 Å². The van der Waals surface area contributed by atoms with Crippen LogP contribution in [0.5, 0.6) is 0 Å². The SMILES string of the molecule is COC1CCC(Nc2ccccc2SC(F)(F)F)CC1. The van der Waals surface area contributed by atoms with Gasteiger partial charge in [0.1, 0.15) is 0 Å². The fraction of sp³-hybridized carbons (Fsp3) is 0.571. The van der Waals surface area contributed by atoms with Crippen LogP contribution in [0, 0.1) is 0 Å². The summed E-state index contributed by atoms with van der Waals surface area (Å²) in [5.74, 6) is 0. The second-order valence-corrected chi connectivity index (χ2v) is 6.00. The van der Waals surface area contributed by atoms with Gasteiger partial charge in [0.15, 0.2) is 0 Å². The fourth-order valence-corrected chi connectivity index (χ4v) is 3.10. The van der Waals surface area contributed by atoms with Gasteiger partial charge in [0.2, 0.25) is 0 Å². The lowest BCUT2D eigenvalue weighted by Gasteiger charge is -2.29. The third-order valence-electron chi connectivity index (χ3n) is 3.48. The zero-order valence-electron chi connectivity index (χ0n) is 11.2. The van der Waals surface area contributed by atoms with Gasteiger partial charge in [-0.2, -0.15) is 13.2 Å². The van der Waals surface area contributed by atoms with E-state index in [1.807, 2.05) is 0 Å². The minimum absolute atomic E-state index is 0.0662. The number of thioether (sulfide) groups is 1. The second kappa shape index (κ2) is 6.72. The molecule has 1 aliphatic rings. The van der Waals surface area contributed by atoms with Crippen molar-refractivity contribution in [1.29, 1.82) is 0 Å². The van der Waals surface area contributed by atoms with Gasteiger partial charge >= 0.3 is 5.51 Å². The summed E-state index contributed by atoms with van der Waals surface area (Å²) in [7, 11) is 1.70. The molecule has 1 aromatic carbocycles. The summed E-state index contributed by atoms with van der Waals surface area (Å²) in [6, 6.07) is 6.80. The van der Waals surface area contributed by atoms with Crippen LogP contribution in [0.3, 0.4) is 0 Å². The van der Waals surface area contributed by atoms with Crippen LogP contribution in [0.1, 0.15) is 25.7 Å². The molecule has 0 saturated heterocycles. The molecule has 2 nitrogen and oxygen atoms in total. The first kappa shape index (κ1) is 15.5. The molecular formula is C14H18F3NOS. The molecule has 2 rings (SSSR count). The lowest BCUT2D eigenvalue weighted by atomic mass is 9.93. The Morgan fingerprint density at radius 1 is 1.15 bits per heavy atom. The number of alkyl halides is 3. The largest absolute Gasteiger partial charge is 0.446 e. The van der Waals surface area contributed by atoms with E-state index in [4.69, 9.17) is 4.74 Å². The van der Waals surface area contributed by atoms with E-state index >= 15 is 0 Å². The highest BCUT2D eigenvalue weighted by Crippen LogP contribution is 2.40. The molecule has 0 spiro atoms. The molecule has 0 bridgehead atoms. The fourth-order valence-electron chi connectivity index (χ4n) is 2.46. The molecule has 1 aromatic rings. The molecule has 112 valence electrons. The van der Waals surface area contributed by atoms with Crippen molar-refractivity contribution in [2.75, 3.05) is 12.4 Å². The molecule has 1 aliphatic carbocycles. The Balaban J connectivity index is 1.99. The van der Waals surface area contributed by atoms with Crippen molar-refractivity contribution in [3.05, 3.63) is 24.3 Å². The summed E-state index contributed by atoms with van der Waals surface area (Å²) < 4.78 is 42.8. The van der Waals surface area contributed by atoms with Crippen LogP contribution >= 0.6 is 11.8 Å². The first-order valence-electron chi connectivity index (χ1n) is 6.62. The van der Waals surface area contributed by atoms with E-state index in [9.17, 15) is 13.2 Å². The van der Waals surface area contributed by atoms with Gasteiger partial charge in [-0.15, -0.1) is 0 Å². The van der Waals surface area contributed by atoms with E-state index in [1.54, 1.807) is 25.3 Å². The second-order valence-electron chi connectivity index (χ2n) is 4.90. The number of hydrogen-bond donors (Lipinski definition) is 1. The van der Waals surface area contributed by atoms with Crippen LogP contribution < -0.4 is 5.32 Å². The molecule has 0 radical (unpaired) electrons. The van der Waals surface area contributed by atoms with Crippen LogP contribution in [0.15, 0.2) is 29.2 Å². The Hall–Kier alpha value is -0.880. The average molecular weight is 305 g/mol. The molecule has 0 atom stereocenters. The third kappa shape index (κ3) is 4.59. The molecule has 0 aromatic heterocycles. The first-order valence-corrected chi connectivity index (χ1v) is 7.43. The van der Waals surface area contributed by atoms with Crippen LogP contribution in [0.2, 0.25) is 0 Å². The molecule has 0 unspecified atom stereocenters. The molecule has 0 amide bonds. The predicted octanol–water partition coefficient (Wildman–Crippen LogP) is 4.67. The Morgan fingerprint density at radius 2 is 1.80 bits per heavy atom. The van der Waals surface area contributed by atoms with Crippen molar-refractivity contribution in [3.8, 4) is 0 Å². The van der Waals surface area contributed by atoms with Gasteiger partial charge < -0.3 is 10.1 Å². The van der Waals surface area contributed by atoms with Crippen molar-refractivity contribution in [1.82, 2.24) is 0 Å². The summed E-state index contributed by atoms with van der Waals surface area (Å²) >= 11 is -0.0662. The molecular weight excluding hydrogens is 287 g/mol. The summed E-state index contributed by atoms with van der Waals surface area (Å²) in [6.45, 7) is 0. The highest BCUT2D eigenvalue weighted by atomic mass is 32.2. The minimum Gasteiger partial charge on any atom is -0.381 e. The number of methoxy groups -OCH3 is 1. The molecule has 1 N–H and O–H groups in total. The van der Waals surface area contributed by atoms with Crippen molar-refractivity contribution in [2.24, 2.45) is 0 Å². The maximum Gasteiger partial charge on any atom is 0.446 e. The smallest absolute Gasteiger partial charge is 0.381 e. The number of hydrogen-bond acceptors (Lipinski definition) is 3. The standard InChI is InChI=1S/C14H18F3NOS/c1-19-11-8-6-10(7-9-11)18-12-4-2-3-5-13(12)20-14(15,16)17/h2-5,10-11,18H,6-9H2,1H3. The summed E-state index contributed by atoms with van der Waals surface area (Å²) in [6.07, 6.45) is 4.02. The normalized spacial score (nSPS) is 23.6. The third-order valence-corrected chi connectivity index (χ3v) is 4.29. The van der Waals surface area contributed by atoms with E-state index in [2.05, 4.69) is 5.32 Å². The van der Waals surface area contributed by atoms with E-state index in [0.29, 0.717) is 5.69 Å². The lowest BCUT2D eigenvalue weighted by molar-refractivity contribution is -0.0327. The maximum atomic E-state index is 12.5. The van der Waals surface area contributed by atoms with Crippen LogP contribution in [-0.2, 0) is 4.74 Å². The van der Waals surface area contributed by atoms with Crippen LogP contribution in [-0.4, -0.2) is 24.8 Å². The first-order chi connectivity index (χ1) is 9.48. The highest BCUT2D eigenvalue weighted by molar-refractivity contribution is 8.00. The van der Waals surface area contributed by atoms with Gasteiger partial charge in [0.05, 0.1) is 6.10 Å². The number of nitrogens with one attached hydrogen (secondary N) is 1. The van der Waals surface area contributed by atoms with Crippen molar-refractivity contribution < 1.29 is 17.9 Å². The van der Waals surface area contributed by atoms with E-state index in [1.165, 1.54) is 6.07 Å². The van der Waals surface area contributed by atoms with Crippen molar-refractivity contribution in [2.45, 2.75) is 48.2 Å². The predicted molar refractivity (Wildman–Crippen MR) is 75.0 cm³/mol. The van der Waals surface area contributed by atoms with Gasteiger partial charge in [-0.3, -0.25) is 0 Å². The van der Waals surface area contributed by atoms with Gasteiger partial charge in [0.25, 0.3) is 0 Å². The minimum atomic E-state index is -4.26. The molecule has 1 fully saturated rings. The van der Waals surface area contributed by atoms with Crippen molar-refractivity contribution >= 4 is 17.4 Å². The highest BCUT2D eigenvalue weighted by Gasteiger charge is 2.30. The molecule has 20 heavy (non-hydrogen) atoms. The van der Waals surface area contributed by atoms with Gasteiger partial charge in [-0.25, -0.2) is 0 Å². The summed E-state index contributed by atoms with van der Waals surface area (Å²) in [5.41, 5.74) is -3.69. The van der Waals surface area contributed by atoms with E-state index in [-0.39, 0.29) is 28.8 Å². The number of para-hydroxylation sites is 1. The number of anilines is 1. The van der Waals surface area contributed by atoms with Crippen LogP contribution in [0.4, 0.5) is 18.9 Å². The zero-order chi connectivity index (χ0) is 14.6. The summed E-state index contributed by atoms with van der Waals surface area (Å²) in [5, 5.41) is 3.24. The molecule has 1 saturated carbocycles.